The molecule has 0 bridgehead atoms. The summed E-state index contributed by atoms with van der Waals surface area (Å²) in [5.41, 5.74) is 1.63. The number of alkyl halides is 1. The maximum absolute atomic E-state index is 8.60. The van der Waals surface area contributed by atoms with Gasteiger partial charge in [0.15, 0.2) is 0 Å². The number of hydrogen-bond acceptors (Lipinski definition) is 1. The first-order valence-electron chi connectivity index (χ1n) is 4.92. The number of nitrogens with zero attached hydrogens (tertiary/aromatic N) is 1. The van der Waals surface area contributed by atoms with E-state index < -0.39 is 0 Å². The third-order valence-corrected chi connectivity index (χ3v) is 2.20. The standard InChI is InChI=1S/C13H12ClN/c14-10-4-2-1-3-5-12-6-8-13(11-15)9-7-12/h6-9H,1-2,4,10H2. The van der Waals surface area contributed by atoms with E-state index in [4.69, 9.17) is 16.9 Å². The van der Waals surface area contributed by atoms with Crippen LogP contribution < -0.4 is 0 Å². The summed E-state index contributed by atoms with van der Waals surface area (Å²) in [6.07, 6.45) is 2.95. The molecule has 0 amide bonds. The quantitative estimate of drug-likeness (QED) is 0.433. The SMILES string of the molecule is N#Cc1ccc(C#CCCCCCl)cc1. The van der Waals surface area contributed by atoms with E-state index in [-0.39, 0.29) is 0 Å². The molecule has 0 saturated heterocycles. The first-order chi connectivity index (χ1) is 7.36. The fraction of sp³-hybridized carbons (Fsp3) is 0.308. The minimum absolute atomic E-state index is 0.669. The van der Waals surface area contributed by atoms with Crippen LogP contribution in [0.3, 0.4) is 0 Å². The predicted octanol–water partition coefficient (Wildman–Crippen LogP) is 3.32. The van der Waals surface area contributed by atoms with Gasteiger partial charge in [-0.1, -0.05) is 11.8 Å². The number of halogens is 1. The van der Waals surface area contributed by atoms with Crippen molar-refractivity contribution in [1.82, 2.24) is 0 Å². The molecule has 76 valence electrons. The molecule has 0 aliphatic heterocycles. The van der Waals surface area contributed by atoms with Crippen LogP contribution in [0.4, 0.5) is 0 Å². The largest absolute Gasteiger partial charge is 0.192 e. The van der Waals surface area contributed by atoms with Gasteiger partial charge in [0.25, 0.3) is 0 Å². The fourth-order valence-corrected chi connectivity index (χ4v) is 1.29. The van der Waals surface area contributed by atoms with Gasteiger partial charge >= 0.3 is 0 Å². The van der Waals surface area contributed by atoms with Crippen molar-refractivity contribution >= 4 is 11.6 Å². The molecule has 2 heteroatoms. The predicted molar refractivity (Wildman–Crippen MR) is 62.6 cm³/mol. The molecular weight excluding hydrogens is 206 g/mol. The lowest BCUT2D eigenvalue weighted by Crippen LogP contribution is -1.77. The number of unbranched alkanes of at least 4 members (excludes halogenated alkanes) is 2. The van der Waals surface area contributed by atoms with Crippen LogP contribution in [0, 0.1) is 23.2 Å². The van der Waals surface area contributed by atoms with E-state index in [0.29, 0.717) is 11.4 Å². The fourth-order valence-electron chi connectivity index (χ4n) is 1.10. The van der Waals surface area contributed by atoms with E-state index >= 15 is 0 Å². The van der Waals surface area contributed by atoms with Crippen LogP contribution in [0.25, 0.3) is 0 Å². The van der Waals surface area contributed by atoms with Gasteiger partial charge in [-0.25, -0.2) is 0 Å². The van der Waals surface area contributed by atoms with Crippen molar-refractivity contribution in [3.05, 3.63) is 35.4 Å². The highest BCUT2D eigenvalue weighted by Crippen LogP contribution is 2.02. The molecule has 0 fully saturated rings. The molecule has 0 unspecified atom stereocenters. The second-order valence-corrected chi connectivity index (χ2v) is 3.51. The second-order valence-electron chi connectivity index (χ2n) is 3.14. The lowest BCUT2D eigenvalue weighted by Gasteiger charge is -1.90. The minimum Gasteiger partial charge on any atom is -0.192 e. The number of benzene rings is 1. The van der Waals surface area contributed by atoms with Gasteiger partial charge in [0, 0.05) is 17.9 Å². The van der Waals surface area contributed by atoms with E-state index in [0.717, 1.165) is 24.8 Å². The maximum atomic E-state index is 8.60. The van der Waals surface area contributed by atoms with E-state index in [1.54, 1.807) is 12.1 Å². The molecule has 0 spiro atoms. The van der Waals surface area contributed by atoms with Crippen LogP contribution in [0.2, 0.25) is 0 Å². The molecule has 0 aliphatic carbocycles. The summed E-state index contributed by atoms with van der Waals surface area (Å²) in [4.78, 5) is 0. The zero-order chi connectivity index (χ0) is 10.9. The van der Waals surface area contributed by atoms with Crippen molar-refractivity contribution in [1.29, 1.82) is 5.26 Å². The summed E-state index contributed by atoms with van der Waals surface area (Å²) < 4.78 is 0. The van der Waals surface area contributed by atoms with Crippen molar-refractivity contribution in [3.8, 4) is 17.9 Å². The monoisotopic (exact) mass is 217 g/mol. The summed E-state index contributed by atoms with van der Waals surface area (Å²) in [6.45, 7) is 0. The topological polar surface area (TPSA) is 23.8 Å². The van der Waals surface area contributed by atoms with Crippen molar-refractivity contribution in [2.75, 3.05) is 5.88 Å². The molecular formula is C13H12ClN. The Bertz CT molecular complexity index is 389. The van der Waals surface area contributed by atoms with Gasteiger partial charge in [-0.15, -0.1) is 11.6 Å². The van der Waals surface area contributed by atoms with Gasteiger partial charge in [0.1, 0.15) is 0 Å². The molecule has 0 saturated carbocycles. The van der Waals surface area contributed by atoms with Crippen LogP contribution in [0.5, 0.6) is 0 Å². The average Bonchev–Trinajstić information content (AvgIpc) is 2.30. The Morgan fingerprint density at radius 2 is 1.73 bits per heavy atom. The molecule has 0 aliphatic rings. The molecule has 1 rings (SSSR count). The minimum atomic E-state index is 0.669. The number of hydrogen-bond donors (Lipinski definition) is 0. The Labute approximate surface area is 95.7 Å². The molecule has 0 aromatic heterocycles. The molecule has 1 nitrogen and oxygen atoms in total. The van der Waals surface area contributed by atoms with Gasteiger partial charge in [-0.2, -0.15) is 5.26 Å². The van der Waals surface area contributed by atoms with Gasteiger partial charge in [0.2, 0.25) is 0 Å². The van der Waals surface area contributed by atoms with Crippen LogP contribution in [-0.4, -0.2) is 5.88 Å². The summed E-state index contributed by atoms with van der Waals surface area (Å²) in [5, 5.41) is 8.60. The van der Waals surface area contributed by atoms with Crippen molar-refractivity contribution in [2.24, 2.45) is 0 Å². The van der Waals surface area contributed by atoms with Crippen LogP contribution in [-0.2, 0) is 0 Å². The van der Waals surface area contributed by atoms with Gasteiger partial charge in [-0.3, -0.25) is 0 Å². The molecule has 15 heavy (non-hydrogen) atoms. The van der Waals surface area contributed by atoms with Crippen LogP contribution >= 0.6 is 11.6 Å². The Morgan fingerprint density at radius 1 is 1.07 bits per heavy atom. The summed E-state index contributed by atoms with van der Waals surface area (Å²) >= 11 is 5.55. The third kappa shape index (κ3) is 4.54. The number of rotatable bonds is 3. The van der Waals surface area contributed by atoms with E-state index in [2.05, 4.69) is 17.9 Å². The molecule has 1 aromatic carbocycles. The normalized spacial score (nSPS) is 8.80. The summed E-state index contributed by atoms with van der Waals surface area (Å²) in [6, 6.07) is 9.37. The lowest BCUT2D eigenvalue weighted by molar-refractivity contribution is 0.833. The Balaban J connectivity index is 2.46. The molecule has 1 aromatic rings. The second kappa shape index (κ2) is 6.93. The molecule has 0 atom stereocenters. The van der Waals surface area contributed by atoms with Crippen molar-refractivity contribution in [2.45, 2.75) is 19.3 Å². The summed E-state index contributed by atoms with van der Waals surface area (Å²) in [7, 11) is 0. The van der Waals surface area contributed by atoms with Crippen molar-refractivity contribution < 1.29 is 0 Å². The first kappa shape index (κ1) is 11.6. The van der Waals surface area contributed by atoms with Gasteiger partial charge < -0.3 is 0 Å². The first-order valence-corrected chi connectivity index (χ1v) is 5.45. The smallest absolute Gasteiger partial charge is 0.0991 e. The van der Waals surface area contributed by atoms with Crippen LogP contribution in [0.15, 0.2) is 24.3 Å². The Hall–Kier alpha value is -1.44. The maximum Gasteiger partial charge on any atom is 0.0991 e. The number of nitriles is 1. The zero-order valence-corrected chi connectivity index (χ0v) is 9.22. The zero-order valence-electron chi connectivity index (χ0n) is 8.46. The lowest BCUT2D eigenvalue weighted by atomic mass is 10.1. The van der Waals surface area contributed by atoms with E-state index in [1.807, 2.05) is 12.1 Å². The molecule has 0 N–H and O–H groups in total. The highest BCUT2D eigenvalue weighted by Gasteiger charge is 1.88. The van der Waals surface area contributed by atoms with E-state index in [9.17, 15) is 0 Å². The van der Waals surface area contributed by atoms with Crippen molar-refractivity contribution in [3.63, 3.8) is 0 Å². The highest BCUT2D eigenvalue weighted by atomic mass is 35.5. The molecule has 0 radical (unpaired) electrons. The van der Waals surface area contributed by atoms with Crippen LogP contribution in [0.1, 0.15) is 30.4 Å². The van der Waals surface area contributed by atoms with E-state index in [1.165, 1.54) is 0 Å². The summed E-state index contributed by atoms with van der Waals surface area (Å²) in [5.74, 6) is 6.84. The van der Waals surface area contributed by atoms with Gasteiger partial charge in [-0.05, 0) is 37.1 Å². The van der Waals surface area contributed by atoms with Gasteiger partial charge in [0.05, 0.1) is 11.6 Å². The average molecular weight is 218 g/mol. The highest BCUT2D eigenvalue weighted by molar-refractivity contribution is 6.17. The Morgan fingerprint density at radius 3 is 2.33 bits per heavy atom. The molecule has 0 heterocycles. The Kier molecular flexibility index (Phi) is 5.38. The third-order valence-electron chi connectivity index (χ3n) is 1.93.